The van der Waals surface area contributed by atoms with Gasteiger partial charge in [0.1, 0.15) is 0 Å². The van der Waals surface area contributed by atoms with Crippen molar-refractivity contribution in [2.45, 2.75) is 25.1 Å². The van der Waals surface area contributed by atoms with Gasteiger partial charge in [-0.1, -0.05) is 0 Å². The zero-order valence-corrected chi connectivity index (χ0v) is 7.16. The highest BCUT2D eigenvalue weighted by molar-refractivity contribution is 4.70. The van der Waals surface area contributed by atoms with Crippen LogP contribution < -0.4 is 10.8 Å². The molecule has 0 bridgehead atoms. The van der Waals surface area contributed by atoms with Gasteiger partial charge in [-0.3, -0.25) is 4.84 Å². The van der Waals surface area contributed by atoms with Crippen molar-refractivity contribution in [3.05, 3.63) is 0 Å². The zero-order chi connectivity index (χ0) is 9.73. The van der Waals surface area contributed by atoms with Gasteiger partial charge in [0.2, 0.25) is 0 Å². The molecule has 0 spiro atoms. The van der Waals surface area contributed by atoms with Gasteiger partial charge in [0.05, 0.1) is 0 Å². The van der Waals surface area contributed by atoms with Gasteiger partial charge < -0.3 is 5.32 Å². The van der Waals surface area contributed by atoms with Crippen molar-refractivity contribution in [1.82, 2.24) is 10.8 Å². The molecule has 0 radical (unpaired) electrons. The van der Waals surface area contributed by atoms with E-state index >= 15 is 0 Å². The Morgan fingerprint density at radius 2 is 1.92 bits per heavy atom. The van der Waals surface area contributed by atoms with Crippen molar-refractivity contribution >= 4 is 0 Å². The summed E-state index contributed by atoms with van der Waals surface area (Å²) in [5.41, 5.74) is 2.42. The highest BCUT2D eigenvalue weighted by Gasteiger charge is 2.28. The second-order valence-electron chi connectivity index (χ2n) is 3.05. The smallest absolute Gasteiger partial charge is 0.317 e. The maximum absolute atomic E-state index is 11.6. The van der Waals surface area contributed by atoms with E-state index in [0.29, 0.717) is 0 Å². The normalized spacial score (nSPS) is 20.5. The van der Waals surface area contributed by atoms with Gasteiger partial charge in [0, 0.05) is 6.04 Å². The summed E-state index contributed by atoms with van der Waals surface area (Å²) in [4.78, 5) is 4.33. The van der Waals surface area contributed by atoms with Crippen LogP contribution in [0.15, 0.2) is 0 Å². The maximum Gasteiger partial charge on any atom is 0.413 e. The molecule has 0 aromatic rings. The van der Waals surface area contributed by atoms with Crippen molar-refractivity contribution in [3.8, 4) is 0 Å². The van der Waals surface area contributed by atoms with Crippen LogP contribution in [0.3, 0.4) is 0 Å². The first-order valence-electron chi connectivity index (χ1n) is 4.23. The molecule has 78 valence electrons. The maximum atomic E-state index is 11.6. The first kappa shape index (κ1) is 10.7. The number of hydroxylamine groups is 1. The van der Waals surface area contributed by atoms with E-state index in [1.165, 1.54) is 0 Å². The summed E-state index contributed by atoms with van der Waals surface area (Å²) in [5, 5.41) is 3.10. The summed E-state index contributed by atoms with van der Waals surface area (Å²) < 4.78 is 34.9. The minimum Gasteiger partial charge on any atom is -0.317 e. The van der Waals surface area contributed by atoms with Crippen LogP contribution >= 0.6 is 0 Å². The van der Waals surface area contributed by atoms with E-state index in [1.54, 1.807) is 0 Å². The van der Waals surface area contributed by atoms with Crippen LogP contribution in [0.25, 0.3) is 0 Å². The predicted molar refractivity (Wildman–Crippen MR) is 41.0 cm³/mol. The van der Waals surface area contributed by atoms with Crippen LogP contribution in [0.4, 0.5) is 13.2 Å². The fourth-order valence-corrected chi connectivity index (χ4v) is 1.18. The molecule has 0 aromatic carbocycles. The van der Waals surface area contributed by atoms with Gasteiger partial charge >= 0.3 is 6.18 Å². The van der Waals surface area contributed by atoms with E-state index in [1.807, 2.05) is 0 Å². The number of alkyl halides is 3. The Morgan fingerprint density at radius 1 is 1.31 bits per heavy atom. The Balaban J connectivity index is 2.04. The molecule has 0 unspecified atom stereocenters. The summed E-state index contributed by atoms with van der Waals surface area (Å²) in [5.74, 6) is 0. The quantitative estimate of drug-likeness (QED) is 0.659. The number of halogens is 3. The third-order valence-electron chi connectivity index (χ3n) is 1.82. The lowest BCUT2D eigenvalue weighted by atomic mass is 10.1. The van der Waals surface area contributed by atoms with Gasteiger partial charge in [-0.25, -0.2) is 0 Å². The molecular weight excluding hydrogens is 185 g/mol. The van der Waals surface area contributed by atoms with Crippen molar-refractivity contribution < 1.29 is 18.0 Å². The molecule has 0 atom stereocenters. The number of hydrogen-bond donors (Lipinski definition) is 2. The fraction of sp³-hybridized carbons (Fsp3) is 1.00. The highest BCUT2D eigenvalue weighted by Crippen LogP contribution is 2.14. The Bertz CT molecular complexity index is 145. The summed E-state index contributed by atoms with van der Waals surface area (Å²) in [6.07, 6.45) is -2.64. The van der Waals surface area contributed by atoms with Gasteiger partial charge in [-0.2, -0.15) is 18.7 Å². The van der Waals surface area contributed by atoms with E-state index in [4.69, 9.17) is 0 Å². The number of rotatable bonds is 3. The Morgan fingerprint density at radius 3 is 2.46 bits per heavy atom. The van der Waals surface area contributed by atoms with Crippen LogP contribution in [0.2, 0.25) is 0 Å². The standard InChI is InChI=1S/C7H13F3N2O/c8-7(9,10)5-13-12-6-1-3-11-4-2-6/h6,11-12H,1-5H2. The molecule has 6 heteroatoms. The molecule has 0 saturated carbocycles. The molecule has 13 heavy (non-hydrogen) atoms. The molecule has 2 N–H and O–H groups in total. The first-order valence-corrected chi connectivity index (χ1v) is 4.23. The average molecular weight is 198 g/mol. The van der Waals surface area contributed by atoms with Crippen LogP contribution in [0.1, 0.15) is 12.8 Å². The molecule has 1 heterocycles. The summed E-state index contributed by atoms with van der Waals surface area (Å²) in [6.45, 7) is 0.428. The monoisotopic (exact) mass is 198 g/mol. The highest BCUT2D eigenvalue weighted by atomic mass is 19.4. The van der Waals surface area contributed by atoms with Gasteiger partial charge in [0.15, 0.2) is 6.61 Å². The topological polar surface area (TPSA) is 33.3 Å². The van der Waals surface area contributed by atoms with E-state index in [9.17, 15) is 13.2 Å². The molecule has 0 aliphatic carbocycles. The first-order chi connectivity index (χ1) is 6.08. The number of hydrogen-bond acceptors (Lipinski definition) is 3. The van der Waals surface area contributed by atoms with E-state index < -0.39 is 12.8 Å². The molecule has 1 aliphatic heterocycles. The second-order valence-corrected chi connectivity index (χ2v) is 3.05. The van der Waals surface area contributed by atoms with E-state index in [-0.39, 0.29) is 6.04 Å². The number of nitrogens with one attached hydrogen (secondary N) is 2. The molecule has 1 fully saturated rings. The SMILES string of the molecule is FC(F)(F)CONC1CCNCC1. The van der Waals surface area contributed by atoms with E-state index in [0.717, 1.165) is 25.9 Å². The summed E-state index contributed by atoms with van der Waals surface area (Å²) in [7, 11) is 0. The van der Waals surface area contributed by atoms with Gasteiger partial charge in [0.25, 0.3) is 0 Å². The lowest BCUT2D eigenvalue weighted by Crippen LogP contribution is -2.41. The lowest BCUT2D eigenvalue weighted by Gasteiger charge is -2.23. The second kappa shape index (κ2) is 4.78. The van der Waals surface area contributed by atoms with Crippen LogP contribution in [0, 0.1) is 0 Å². The van der Waals surface area contributed by atoms with Crippen molar-refractivity contribution in [3.63, 3.8) is 0 Å². The van der Waals surface area contributed by atoms with Crippen LogP contribution in [0.5, 0.6) is 0 Å². The zero-order valence-electron chi connectivity index (χ0n) is 7.16. The minimum atomic E-state index is -4.25. The lowest BCUT2D eigenvalue weighted by molar-refractivity contribution is -0.193. The minimum absolute atomic E-state index is 0.0450. The third kappa shape index (κ3) is 5.07. The van der Waals surface area contributed by atoms with Crippen LogP contribution in [-0.2, 0) is 4.84 Å². The molecule has 0 amide bonds. The Labute approximate surface area is 74.6 Å². The number of piperidine rings is 1. The molecule has 0 aromatic heterocycles. The Kier molecular flexibility index (Phi) is 3.95. The Hall–Kier alpha value is -0.330. The summed E-state index contributed by atoms with van der Waals surface area (Å²) in [6, 6.07) is 0.0450. The fourth-order valence-electron chi connectivity index (χ4n) is 1.18. The molecule has 1 rings (SSSR count). The van der Waals surface area contributed by atoms with Crippen molar-refractivity contribution in [2.24, 2.45) is 0 Å². The van der Waals surface area contributed by atoms with Crippen LogP contribution in [-0.4, -0.2) is 31.9 Å². The molecular formula is C7H13F3N2O. The van der Waals surface area contributed by atoms with Crippen molar-refractivity contribution in [1.29, 1.82) is 0 Å². The largest absolute Gasteiger partial charge is 0.413 e. The van der Waals surface area contributed by atoms with Gasteiger partial charge in [-0.15, -0.1) is 0 Å². The molecule has 1 aliphatic rings. The summed E-state index contributed by atoms with van der Waals surface area (Å²) >= 11 is 0. The average Bonchev–Trinajstić information content (AvgIpc) is 2.04. The van der Waals surface area contributed by atoms with E-state index in [2.05, 4.69) is 15.6 Å². The van der Waals surface area contributed by atoms with Crippen molar-refractivity contribution in [2.75, 3.05) is 19.7 Å². The molecule has 1 saturated heterocycles. The van der Waals surface area contributed by atoms with Gasteiger partial charge in [-0.05, 0) is 25.9 Å². The third-order valence-corrected chi connectivity index (χ3v) is 1.82. The predicted octanol–water partition coefficient (Wildman–Crippen LogP) is 0.822. The molecule has 3 nitrogen and oxygen atoms in total.